The second kappa shape index (κ2) is 5.64. The SMILES string of the molecule is CC(=O)CNCCc1ccc2c(c1)NC(=O)CO2. The van der Waals surface area contributed by atoms with Gasteiger partial charge in [0.1, 0.15) is 11.5 Å². The lowest BCUT2D eigenvalue weighted by Gasteiger charge is -2.18. The molecule has 1 heterocycles. The number of benzene rings is 1. The van der Waals surface area contributed by atoms with Crippen LogP contribution < -0.4 is 15.4 Å². The average Bonchev–Trinajstić information content (AvgIpc) is 2.34. The minimum absolute atomic E-state index is 0.0759. The van der Waals surface area contributed by atoms with E-state index in [0.29, 0.717) is 12.3 Å². The van der Waals surface area contributed by atoms with E-state index in [2.05, 4.69) is 10.6 Å². The number of ether oxygens (including phenoxy) is 1. The first-order valence-electron chi connectivity index (χ1n) is 5.91. The lowest BCUT2D eigenvalue weighted by Crippen LogP contribution is -2.26. The Morgan fingerprint density at radius 3 is 3.11 bits per heavy atom. The van der Waals surface area contributed by atoms with Gasteiger partial charge in [0, 0.05) is 0 Å². The van der Waals surface area contributed by atoms with E-state index in [0.717, 1.165) is 24.2 Å². The number of amides is 1. The molecule has 0 radical (unpaired) electrons. The zero-order chi connectivity index (χ0) is 13.0. The van der Waals surface area contributed by atoms with Crippen LogP contribution in [0.5, 0.6) is 5.75 Å². The first-order chi connectivity index (χ1) is 8.65. The molecule has 0 saturated carbocycles. The van der Waals surface area contributed by atoms with Crippen molar-refractivity contribution in [2.45, 2.75) is 13.3 Å². The maximum atomic E-state index is 11.2. The largest absolute Gasteiger partial charge is 0.482 e. The molecule has 1 aliphatic heterocycles. The van der Waals surface area contributed by atoms with Gasteiger partial charge in [-0.25, -0.2) is 0 Å². The van der Waals surface area contributed by atoms with Gasteiger partial charge in [-0.1, -0.05) is 6.07 Å². The molecule has 1 aromatic rings. The molecule has 0 fully saturated rings. The predicted octanol–water partition coefficient (Wildman–Crippen LogP) is 0.739. The summed E-state index contributed by atoms with van der Waals surface area (Å²) in [5.41, 5.74) is 1.81. The third-order valence-corrected chi connectivity index (χ3v) is 2.64. The van der Waals surface area contributed by atoms with Crippen molar-refractivity contribution in [1.82, 2.24) is 5.32 Å². The van der Waals surface area contributed by atoms with Gasteiger partial charge in [-0.05, 0) is 37.6 Å². The van der Waals surface area contributed by atoms with Crippen molar-refractivity contribution in [3.63, 3.8) is 0 Å². The molecule has 0 atom stereocenters. The number of nitrogens with one attached hydrogen (secondary N) is 2. The predicted molar refractivity (Wildman–Crippen MR) is 67.8 cm³/mol. The van der Waals surface area contributed by atoms with Crippen LogP contribution in [0.3, 0.4) is 0 Å². The summed E-state index contributed by atoms with van der Waals surface area (Å²) in [7, 11) is 0. The Labute approximate surface area is 106 Å². The topological polar surface area (TPSA) is 67.4 Å². The van der Waals surface area contributed by atoms with Crippen LogP contribution in [0.25, 0.3) is 0 Å². The quantitative estimate of drug-likeness (QED) is 0.754. The van der Waals surface area contributed by atoms with E-state index in [1.54, 1.807) is 6.92 Å². The van der Waals surface area contributed by atoms with Crippen molar-refractivity contribution in [3.8, 4) is 5.75 Å². The number of Topliss-reactive ketones (excluding diaryl/α,β-unsaturated/α-hetero) is 1. The first kappa shape index (κ1) is 12.6. The first-order valence-corrected chi connectivity index (χ1v) is 5.91. The number of fused-ring (bicyclic) bond motifs is 1. The van der Waals surface area contributed by atoms with Crippen molar-refractivity contribution < 1.29 is 14.3 Å². The summed E-state index contributed by atoms with van der Waals surface area (Å²) in [6.07, 6.45) is 0.802. The average molecular weight is 248 g/mol. The highest BCUT2D eigenvalue weighted by Gasteiger charge is 2.15. The van der Waals surface area contributed by atoms with E-state index >= 15 is 0 Å². The van der Waals surface area contributed by atoms with E-state index in [1.165, 1.54) is 0 Å². The molecule has 0 unspecified atom stereocenters. The lowest BCUT2D eigenvalue weighted by molar-refractivity contribution is -0.118. The second-order valence-corrected chi connectivity index (χ2v) is 4.30. The van der Waals surface area contributed by atoms with Crippen molar-refractivity contribution >= 4 is 17.4 Å². The van der Waals surface area contributed by atoms with Gasteiger partial charge in [0.15, 0.2) is 6.61 Å². The summed E-state index contributed by atoms with van der Waals surface area (Å²) in [4.78, 5) is 21.9. The summed E-state index contributed by atoms with van der Waals surface area (Å²) < 4.78 is 5.28. The molecule has 0 aromatic heterocycles. The zero-order valence-corrected chi connectivity index (χ0v) is 10.3. The molecule has 0 aliphatic carbocycles. The highest BCUT2D eigenvalue weighted by molar-refractivity contribution is 5.95. The molecule has 2 rings (SSSR count). The molecule has 18 heavy (non-hydrogen) atoms. The number of anilines is 1. The van der Waals surface area contributed by atoms with Crippen molar-refractivity contribution in [3.05, 3.63) is 23.8 Å². The molecule has 1 aliphatic rings. The number of rotatable bonds is 5. The lowest BCUT2D eigenvalue weighted by atomic mass is 10.1. The Morgan fingerprint density at radius 2 is 2.33 bits per heavy atom. The molecule has 5 heteroatoms. The number of ketones is 1. The van der Waals surface area contributed by atoms with Crippen molar-refractivity contribution in [1.29, 1.82) is 0 Å². The molecular weight excluding hydrogens is 232 g/mol. The third kappa shape index (κ3) is 3.30. The molecule has 96 valence electrons. The molecule has 2 N–H and O–H groups in total. The summed E-state index contributed by atoms with van der Waals surface area (Å²) >= 11 is 0. The van der Waals surface area contributed by atoms with Gasteiger partial charge >= 0.3 is 0 Å². The Morgan fingerprint density at radius 1 is 1.50 bits per heavy atom. The molecule has 0 saturated heterocycles. The Balaban J connectivity index is 1.92. The standard InChI is InChI=1S/C13H16N2O3/c1-9(16)7-14-5-4-10-2-3-12-11(6-10)15-13(17)8-18-12/h2-3,6,14H,4-5,7-8H2,1H3,(H,15,17). The van der Waals surface area contributed by atoms with Gasteiger partial charge in [-0.3, -0.25) is 9.59 Å². The smallest absolute Gasteiger partial charge is 0.262 e. The van der Waals surface area contributed by atoms with Gasteiger partial charge in [-0.15, -0.1) is 0 Å². The van der Waals surface area contributed by atoms with Crippen molar-refractivity contribution in [2.24, 2.45) is 0 Å². The summed E-state index contributed by atoms with van der Waals surface area (Å²) in [5, 5.41) is 5.82. The van der Waals surface area contributed by atoms with Crippen LogP contribution in [0.2, 0.25) is 0 Å². The fraction of sp³-hybridized carbons (Fsp3) is 0.385. The molecule has 1 aromatic carbocycles. The number of hydrogen-bond donors (Lipinski definition) is 2. The molecule has 0 spiro atoms. The fourth-order valence-electron chi connectivity index (χ4n) is 1.78. The van der Waals surface area contributed by atoms with Crippen LogP contribution in [0.4, 0.5) is 5.69 Å². The van der Waals surface area contributed by atoms with Gasteiger partial charge < -0.3 is 15.4 Å². The molecule has 1 amide bonds. The maximum Gasteiger partial charge on any atom is 0.262 e. The Bertz CT molecular complexity index is 471. The van der Waals surface area contributed by atoms with Crippen LogP contribution in [0, 0.1) is 0 Å². The van der Waals surface area contributed by atoms with Gasteiger partial charge in [-0.2, -0.15) is 0 Å². The zero-order valence-electron chi connectivity index (χ0n) is 10.3. The highest BCUT2D eigenvalue weighted by Crippen LogP contribution is 2.28. The van der Waals surface area contributed by atoms with E-state index in [4.69, 9.17) is 4.74 Å². The second-order valence-electron chi connectivity index (χ2n) is 4.30. The number of carbonyl (C=O) groups excluding carboxylic acids is 2. The third-order valence-electron chi connectivity index (χ3n) is 2.64. The van der Waals surface area contributed by atoms with E-state index < -0.39 is 0 Å². The fourth-order valence-corrected chi connectivity index (χ4v) is 1.78. The van der Waals surface area contributed by atoms with Crippen LogP contribution in [0.15, 0.2) is 18.2 Å². The summed E-state index contributed by atoms with van der Waals surface area (Å²) in [5.74, 6) is 0.700. The number of carbonyl (C=O) groups is 2. The van der Waals surface area contributed by atoms with Crippen LogP contribution in [0.1, 0.15) is 12.5 Å². The highest BCUT2D eigenvalue weighted by atomic mass is 16.5. The minimum atomic E-state index is -0.130. The normalized spacial score (nSPS) is 13.5. The van der Waals surface area contributed by atoms with E-state index in [1.807, 2.05) is 18.2 Å². The van der Waals surface area contributed by atoms with E-state index in [9.17, 15) is 9.59 Å². The van der Waals surface area contributed by atoms with Crippen molar-refractivity contribution in [2.75, 3.05) is 25.0 Å². The monoisotopic (exact) mass is 248 g/mol. The molecular formula is C13H16N2O3. The van der Waals surface area contributed by atoms with Gasteiger partial charge in [0.05, 0.1) is 12.2 Å². The minimum Gasteiger partial charge on any atom is -0.482 e. The Kier molecular flexibility index (Phi) is 3.94. The Hall–Kier alpha value is -1.88. The summed E-state index contributed by atoms with van der Waals surface area (Å²) in [6.45, 7) is 2.75. The summed E-state index contributed by atoms with van der Waals surface area (Å²) in [6, 6.07) is 5.72. The van der Waals surface area contributed by atoms with Gasteiger partial charge in [0.2, 0.25) is 0 Å². The molecule has 0 bridgehead atoms. The van der Waals surface area contributed by atoms with Crippen LogP contribution in [-0.2, 0) is 16.0 Å². The maximum absolute atomic E-state index is 11.2. The van der Waals surface area contributed by atoms with E-state index in [-0.39, 0.29) is 18.3 Å². The van der Waals surface area contributed by atoms with Gasteiger partial charge in [0.25, 0.3) is 5.91 Å². The van der Waals surface area contributed by atoms with Crippen LogP contribution in [-0.4, -0.2) is 31.4 Å². The molecule has 5 nitrogen and oxygen atoms in total. The number of hydrogen-bond acceptors (Lipinski definition) is 4. The van der Waals surface area contributed by atoms with Crippen LogP contribution >= 0.6 is 0 Å².